The fraction of sp³-hybridized carbons (Fsp3) is 0.385. The maximum Gasteiger partial charge on any atom is 0.561 e. The number of allylic oxidation sites excluding steroid dienone is 1. The van der Waals surface area contributed by atoms with Crippen molar-refractivity contribution in [3.8, 4) is 0 Å². The fourth-order valence-corrected chi connectivity index (χ4v) is 2.24. The van der Waals surface area contributed by atoms with Gasteiger partial charge in [0.25, 0.3) is 0 Å². The van der Waals surface area contributed by atoms with E-state index in [-0.39, 0.29) is 23.1 Å². The van der Waals surface area contributed by atoms with Crippen molar-refractivity contribution in [2.45, 2.75) is 33.5 Å². The Morgan fingerprint density at radius 2 is 1.74 bits per heavy atom. The zero-order valence-electron chi connectivity index (χ0n) is 12.5. The predicted molar refractivity (Wildman–Crippen MR) is 76.5 cm³/mol. The van der Waals surface area contributed by atoms with Gasteiger partial charge in [-0.05, 0) is 31.4 Å². The highest BCUT2D eigenvalue weighted by Gasteiger charge is 2.44. The lowest BCUT2D eigenvalue weighted by Gasteiger charge is -2.20. The van der Waals surface area contributed by atoms with Crippen LogP contribution in [0.15, 0.2) is 6.08 Å². The van der Waals surface area contributed by atoms with Crippen molar-refractivity contribution >= 4 is 11.8 Å². The Morgan fingerprint density at radius 1 is 1.22 bits per heavy atom. The van der Waals surface area contributed by atoms with E-state index in [1.807, 2.05) is 0 Å². The summed E-state index contributed by atoms with van der Waals surface area (Å²) < 4.78 is 42.5. The molecule has 0 spiro atoms. The summed E-state index contributed by atoms with van der Waals surface area (Å²) in [4.78, 5) is 18.3. The summed E-state index contributed by atoms with van der Waals surface area (Å²) >= 11 is 0. The summed E-state index contributed by atoms with van der Waals surface area (Å²) in [7, 11) is 0. The van der Waals surface area contributed by atoms with Gasteiger partial charge in [0.15, 0.2) is 11.6 Å². The molecule has 1 rings (SSSR count). The maximum absolute atomic E-state index is 14.2. The average molecular weight is 333 g/mol. The first-order chi connectivity index (χ1) is 10.7. The van der Waals surface area contributed by atoms with Crippen molar-refractivity contribution in [1.29, 1.82) is 0 Å². The van der Waals surface area contributed by atoms with Crippen LogP contribution in [-0.2, 0) is 6.42 Å². The Morgan fingerprint density at radius 3 is 2.13 bits per heavy atom. The number of hydrogen-bond donors (Lipinski definition) is 0. The van der Waals surface area contributed by atoms with Gasteiger partial charge in [-0.3, -0.25) is 20.2 Å². The molecular formula is C13H14F3N3O4. The summed E-state index contributed by atoms with van der Waals surface area (Å²) in [5, 5.41) is 20.4. The Kier molecular flexibility index (Phi) is 5.66. The Balaban J connectivity index is 3.71. The van der Waals surface area contributed by atoms with Crippen LogP contribution in [0.1, 0.15) is 30.5 Å². The zero-order chi connectivity index (χ0) is 17.9. The van der Waals surface area contributed by atoms with Crippen LogP contribution in [-0.4, -0.2) is 16.1 Å². The highest BCUT2D eigenvalue weighted by atomic mass is 19.2. The maximum atomic E-state index is 14.2. The van der Waals surface area contributed by atoms with Crippen LogP contribution in [0.25, 0.3) is 6.08 Å². The lowest BCUT2D eigenvalue weighted by atomic mass is 9.96. The largest absolute Gasteiger partial charge is 0.561 e. The second-order valence-electron chi connectivity index (χ2n) is 4.58. The number of hydrogen-bond acceptors (Lipinski definition) is 5. The molecule has 0 atom stereocenters. The second-order valence-corrected chi connectivity index (χ2v) is 4.58. The molecule has 0 aliphatic rings. The molecule has 126 valence electrons. The Bertz CT molecular complexity index is 665. The summed E-state index contributed by atoms with van der Waals surface area (Å²) in [5.74, 6) is -3.14. The van der Waals surface area contributed by atoms with Crippen LogP contribution in [0.4, 0.5) is 18.9 Å². The molecule has 0 aliphatic heterocycles. The van der Waals surface area contributed by atoms with Gasteiger partial charge in [-0.2, -0.15) is 0 Å². The first-order valence-corrected chi connectivity index (χ1v) is 6.54. The quantitative estimate of drug-likeness (QED) is 0.344. The van der Waals surface area contributed by atoms with Crippen molar-refractivity contribution in [1.82, 2.24) is 0 Å². The molecule has 0 amide bonds. The molecule has 0 aromatic heterocycles. The van der Waals surface area contributed by atoms with Gasteiger partial charge in [-0.15, -0.1) is 0 Å². The third-order valence-corrected chi connectivity index (χ3v) is 3.26. The molecule has 1 aromatic rings. The topological polar surface area (TPSA) is 89.5 Å². The van der Waals surface area contributed by atoms with E-state index >= 15 is 0 Å². The van der Waals surface area contributed by atoms with Crippen molar-refractivity contribution in [2.24, 2.45) is 0 Å². The van der Waals surface area contributed by atoms with Crippen molar-refractivity contribution < 1.29 is 23.1 Å². The van der Waals surface area contributed by atoms with Crippen LogP contribution < -0.4 is 5.12 Å². The fourth-order valence-electron chi connectivity index (χ4n) is 2.24. The van der Waals surface area contributed by atoms with Gasteiger partial charge < -0.3 is 0 Å². The number of benzene rings is 1. The molecular weight excluding hydrogens is 319 g/mol. The number of halogens is 3. The van der Waals surface area contributed by atoms with Crippen molar-refractivity contribution in [3.63, 3.8) is 0 Å². The first-order valence-electron chi connectivity index (χ1n) is 6.54. The van der Waals surface area contributed by atoms with Crippen molar-refractivity contribution in [3.05, 3.63) is 54.6 Å². The number of rotatable bonds is 6. The van der Waals surface area contributed by atoms with E-state index in [1.54, 1.807) is 6.92 Å². The monoisotopic (exact) mass is 333 g/mol. The third kappa shape index (κ3) is 3.25. The lowest BCUT2D eigenvalue weighted by Crippen LogP contribution is -2.43. The normalized spacial score (nSPS) is 11.3. The second kappa shape index (κ2) is 7.07. The first kappa shape index (κ1) is 18.4. The van der Waals surface area contributed by atoms with E-state index in [0.717, 1.165) is 0 Å². The van der Waals surface area contributed by atoms with Crippen molar-refractivity contribution in [2.75, 3.05) is 5.12 Å². The molecule has 0 radical (unpaired) electrons. The SMILES string of the molecule is CC=Cc1c(C)c(CC)c(N(F)C([N+](=O)[O-])[N+](=O)[O-])c(F)c1F. The Labute approximate surface area is 129 Å². The molecule has 0 saturated heterocycles. The molecule has 0 saturated carbocycles. The summed E-state index contributed by atoms with van der Waals surface area (Å²) in [6.45, 7) is 4.43. The minimum Gasteiger partial charge on any atom is -0.257 e. The summed E-state index contributed by atoms with van der Waals surface area (Å²) in [6, 6.07) is 0. The van der Waals surface area contributed by atoms with Crippen LogP contribution in [0.3, 0.4) is 0 Å². The smallest absolute Gasteiger partial charge is 0.257 e. The van der Waals surface area contributed by atoms with Gasteiger partial charge in [-0.25, -0.2) is 8.78 Å². The van der Waals surface area contributed by atoms with Crippen LogP contribution in [0.5, 0.6) is 0 Å². The molecule has 23 heavy (non-hydrogen) atoms. The highest BCUT2D eigenvalue weighted by molar-refractivity contribution is 5.66. The van der Waals surface area contributed by atoms with E-state index in [4.69, 9.17) is 0 Å². The molecule has 0 unspecified atom stereocenters. The van der Waals surface area contributed by atoms with Crippen LogP contribution in [0, 0.1) is 38.8 Å². The van der Waals surface area contributed by atoms with Gasteiger partial charge in [0.05, 0.1) is 0 Å². The molecule has 0 fully saturated rings. The van der Waals surface area contributed by atoms with E-state index in [0.29, 0.717) is 0 Å². The highest BCUT2D eigenvalue weighted by Crippen LogP contribution is 2.35. The van der Waals surface area contributed by atoms with Gasteiger partial charge in [-0.1, -0.05) is 28.7 Å². The van der Waals surface area contributed by atoms with E-state index in [1.165, 1.54) is 26.0 Å². The summed E-state index contributed by atoms with van der Waals surface area (Å²) in [6.07, 6.45) is -0.377. The molecule has 0 bridgehead atoms. The average Bonchev–Trinajstić information content (AvgIpc) is 2.46. The van der Waals surface area contributed by atoms with Crippen LogP contribution >= 0.6 is 0 Å². The number of nitro groups is 2. The van der Waals surface area contributed by atoms with Gasteiger partial charge in [0.1, 0.15) is 15.5 Å². The van der Waals surface area contributed by atoms with E-state index in [9.17, 15) is 33.5 Å². The molecule has 10 heteroatoms. The lowest BCUT2D eigenvalue weighted by molar-refractivity contribution is -0.745. The molecule has 0 aliphatic carbocycles. The third-order valence-electron chi connectivity index (χ3n) is 3.26. The van der Waals surface area contributed by atoms with Crippen LogP contribution in [0.2, 0.25) is 0 Å². The van der Waals surface area contributed by atoms with Gasteiger partial charge in [0.2, 0.25) is 0 Å². The minimum absolute atomic E-state index is 0.00844. The molecule has 1 aromatic carbocycles. The Hall–Kier alpha value is -2.65. The zero-order valence-corrected chi connectivity index (χ0v) is 12.5. The predicted octanol–water partition coefficient (Wildman–Crippen LogP) is 3.40. The minimum atomic E-state index is -3.07. The molecule has 7 nitrogen and oxygen atoms in total. The number of anilines is 1. The van der Waals surface area contributed by atoms with Gasteiger partial charge >= 0.3 is 6.29 Å². The standard InChI is InChI=1S/C13H14F3N3O4/c1-4-6-9-7(3)8(5-2)12(11(15)10(9)14)17(16)13(18(20)21)19(22)23/h4,6,13H,5H2,1-3H3. The van der Waals surface area contributed by atoms with E-state index < -0.39 is 38.6 Å². The number of nitrogens with zero attached hydrogens (tertiary/aromatic N) is 3. The molecule has 0 N–H and O–H groups in total. The van der Waals surface area contributed by atoms with E-state index in [2.05, 4.69) is 0 Å². The van der Waals surface area contributed by atoms with Gasteiger partial charge in [0, 0.05) is 5.56 Å². The summed E-state index contributed by atoms with van der Waals surface area (Å²) in [5.41, 5.74) is -1.22. The molecule has 0 heterocycles.